The number of ether oxygens (including phenoxy) is 2. The molecule has 1 heterocycles. The predicted octanol–water partition coefficient (Wildman–Crippen LogP) is 2.08. The number of phenolic OH excluding ortho intramolecular Hbond substituents is 1. The molecule has 0 radical (unpaired) electrons. The van der Waals surface area contributed by atoms with E-state index in [2.05, 4.69) is 5.32 Å². The molecule has 1 saturated carbocycles. The van der Waals surface area contributed by atoms with Crippen LogP contribution in [0.25, 0.3) is 0 Å². The molecule has 1 aliphatic heterocycles. The zero-order chi connectivity index (χ0) is 14.9. The highest BCUT2D eigenvalue weighted by atomic mass is 16.5. The molecule has 0 saturated heterocycles. The lowest BCUT2D eigenvalue weighted by Crippen LogP contribution is -2.55. The highest BCUT2D eigenvalue weighted by molar-refractivity contribution is 5.85. The SMILES string of the molecule is COC(=O)C1(NC2CCCCC2)COc2cc(O)ccc21. The fourth-order valence-electron chi connectivity index (χ4n) is 3.36. The molecule has 0 aromatic heterocycles. The highest BCUT2D eigenvalue weighted by Crippen LogP contribution is 2.41. The van der Waals surface area contributed by atoms with E-state index in [0.29, 0.717) is 11.8 Å². The summed E-state index contributed by atoms with van der Waals surface area (Å²) in [7, 11) is 1.39. The minimum atomic E-state index is -0.959. The Morgan fingerprint density at radius 3 is 2.86 bits per heavy atom. The van der Waals surface area contributed by atoms with Gasteiger partial charge in [0.1, 0.15) is 18.1 Å². The molecule has 21 heavy (non-hydrogen) atoms. The Hall–Kier alpha value is -1.75. The number of benzene rings is 1. The molecule has 0 amide bonds. The maximum Gasteiger partial charge on any atom is 0.334 e. The van der Waals surface area contributed by atoms with Gasteiger partial charge >= 0.3 is 5.97 Å². The van der Waals surface area contributed by atoms with E-state index in [-0.39, 0.29) is 18.3 Å². The zero-order valence-corrected chi connectivity index (χ0v) is 12.2. The van der Waals surface area contributed by atoms with Gasteiger partial charge in [-0.2, -0.15) is 0 Å². The van der Waals surface area contributed by atoms with Crippen molar-refractivity contribution in [3.05, 3.63) is 23.8 Å². The Morgan fingerprint density at radius 2 is 2.14 bits per heavy atom. The average Bonchev–Trinajstić information content (AvgIpc) is 2.86. The first kappa shape index (κ1) is 14.2. The van der Waals surface area contributed by atoms with Crippen molar-refractivity contribution in [3.8, 4) is 11.5 Å². The first-order valence-corrected chi connectivity index (χ1v) is 7.48. The molecule has 1 aliphatic carbocycles. The van der Waals surface area contributed by atoms with Gasteiger partial charge in [-0.15, -0.1) is 0 Å². The summed E-state index contributed by atoms with van der Waals surface area (Å²) in [5.74, 6) is 0.341. The number of nitrogens with one attached hydrogen (secondary N) is 1. The number of hydrogen-bond acceptors (Lipinski definition) is 5. The van der Waals surface area contributed by atoms with E-state index in [1.54, 1.807) is 18.2 Å². The van der Waals surface area contributed by atoms with Gasteiger partial charge in [0.15, 0.2) is 5.54 Å². The quantitative estimate of drug-likeness (QED) is 0.835. The van der Waals surface area contributed by atoms with Crippen LogP contribution in [0.1, 0.15) is 37.7 Å². The van der Waals surface area contributed by atoms with Gasteiger partial charge in [0.25, 0.3) is 0 Å². The second kappa shape index (κ2) is 5.56. The Kier molecular flexibility index (Phi) is 3.76. The van der Waals surface area contributed by atoms with Crippen molar-refractivity contribution in [2.75, 3.05) is 13.7 Å². The standard InChI is InChI=1S/C16H21NO4/c1-20-15(19)16(17-11-5-3-2-4-6-11)10-21-14-9-12(18)7-8-13(14)16/h7-9,11,17-18H,2-6,10H2,1H3. The smallest absolute Gasteiger partial charge is 0.334 e. The number of fused-ring (bicyclic) bond motifs is 1. The summed E-state index contributed by atoms with van der Waals surface area (Å²) < 4.78 is 10.7. The van der Waals surface area contributed by atoms with Gasteiger partial charge in [-0.25, -0.2) is 4.79 Å². The topological polar surface area (TPSA) is 67.8 Å². The molecule has 3 rings (SSSR count). The van der Waals surface area contributed by atoms with Crippen LogP contribution in [0.3, 0.4) is 0 Å². The monoisotopic (exact) mass is 291 g/mol. The largest absolute Gasteiger partial charge is 0.508 e. The van der Waals surface area contributed by atoms with Crippen LogP contribution < -0.4 is 10.1 Å². The highest BCUT2D eigenvalue weighted by Gasteiger charge is 2.49. The van der Waals surface area contributed by atoms with Crippen LogP contribution in [-0.4, -0.2) is 30.8 Å². The van der Waals surface area contributed by atoms with Crippen LogP contribution in [-0.2, 0) is 15.1 Å². The number of rotatable bonds is 3. The normalized spacial score (nSPS) is 25.2. The molecule has 0 bridgehead atoms. The first-order valence-electron chi connectivity index (χ1n) is 7.48. The Morgan fingerprint density at radius 1 is 1.38 bits per heavy atom. The second-order valence-corrected chi connectivity index (χ2v) is 5.85. The lowest BCUT2D eigenvalue weighted by atomic mass is 9.87. The van der Waals surface area contributed by atoms with E-state index in [1.165, 1.54) is 26.4 Å². The molecule has 1 aromatic rings. The van der Waals surface area contributed by atoms with Crippen molar-refractivity contribution in [1.82, 2.24) is 5.32 Å². The summed E-state index contributed by atoms with van der Waals surface area (Å²) in [6.45, 7) is 0.203. The van der Waals surface area contributed by atoms with Gasteiger partial charge in [-0.3, -0.25) is 5.32 Å². The lowest BCUT2D eigenvalue weighted by Gasteiger charge is -2.33. The molecule has 1 fully saturated rings. The molecule has 5 nitrogen and oxygen atoms in total. The lowest BCUT2D eigenvalue weighted by molar-refractivity contribution is -0.150. The Bertz CT molecular complexity index is 539. The molecular weight excluding hydrogens is 270 g/mol. The molecule has 114 valence electrons. The van der Waals surface area contributed by atoms with Crippen LogP contribution >= 0.6 is 0 Å². The van der Waals surface area contributed by atoms with Crippen molar-refractivity contribution in [2.45, 2.75) is 43.7 Å². The van der Waals surface area contributed by atoms with E-state index >= 15 is 0 Å². The summed E-state index contributed by atoms with van der Waals surface area (Å²) in [5.41, 5.74) is -0.211. The number of aromatic hydroxyl groups is 1. The molecular formula is C16H21NO4. The number of phenols is 1. The third-order valence-electron chi connectivity index (χ3n) is 4.46. The minimum absolute atomic E-state index is 0.132. The molecule has 5 heteroatoms. The summed E-state index contributed by atoms with van der Waals surface area (Å²) in [6, 6.07) is 5.15. The Labute approximate surface area is 124 Å². The van der Waals surface area contributed by atoms with E-state index in [4.69, 9.17) is 9.47 Å². The molecule has 0 spiro atoms. The van der Waals surface area contributed by atoms with Crippen LogP contribution in [0, 0.1) is 0 Å². The van der Waals surface area contributed by atoms with Crippen molar-refractivity contribution >= 4 is 5.97 Å². The van der Waals surface area contributed by atoms with E-state index < -0.39 is 5.54 Å². The second-order valence-electron chi connectivity index (χ2n) is 5.85. The van der Waals surface area contributed by atoms with Crippen LogP contribution in [0.4, 0.5) is 0 Å². The fourth-order valence-corrected chi connectivity index (χ4v) is 3.36. The number of methoxy groups -OCH3 is 1. The van der Waals surface area contributed by atoms with Gasteiger partial charge in [-0.05, 0) is 25.0 Å². The number of esters is 1. The van der Waals surface area contributed by atoms with Crippen molar-refractivity contribution < 1.29 is 19.4 Å². The predicted molar refractivity (Wildman–Crippen MR) is 77.3 cm³/mol. The first-order chi connectivity index (χ1) is 10.2. The third kappa shape index (κ3) is 2.46. The van der Waals surface area contributed by atoms with Crippen molar-refractivity contribution in [1.29, 1.82) is 0 Å². The van der Waals surface area contributed by atoms with Crippen molar-refractivity contribution in [3.63, 3.8) is 0 Å². The Balaban J connectivity index is 1.94. The molecule has 2 aliphatic rings. The van der Waals surface area contributed by atoms with E-state index in [9.17, 15) is 9.90 Å². The van der Waals surface area contributed by atoms with Crippen LogP contribution in [0.15, 0.2) is 18.2 Å². The third-order valence-corrected chi connectivity index (χ3v) is 4.46. The number of hydrogen-bond donors (Lipinski definition) is 2. The summed E-state index contributed by atoms with van der Waals surface area (Å²) in [4.78, 5) is 12.4. The number of carbonyl (C=O) groups excluding carboxylic acids is 1. The molecule has 1 atom stereocenters. The van der Waals surface area contributed by atoms with Gasteiger partial charge in [-0.1, -0.05) is 19.3 Å². The van der Waals surface area contributed by atoms with Gasteiger partial charge in [0, 0.05) is 17.7 Å². The minimum Gasteiger partial charge on any atom is -0.508 e. The fraction of sp³-hybridized carbons (Fsp3) is 0.562. The van der Waals surface area contributed by atoms with Crippen molar-refractivity contribution in [2.24, 2.45) is 0 Å². The molecule has 2 N–H and O–H groups in total. The maximum atomic E-state index is 12.4. The van der Waals surface area contributed by atoms with Crippen LogP contribution in [0.5, 0.6) is 11.5 Å². The van der Waals surface area contributed by atoms with Crippen LogP contribution in [0.2, 0.25) is 0 Å². The van der Waals surface area contributed by atoms with E-state index in [0.717, 1.165) is 18.4 Å². The van der Waals surface area contributed by atoms with Gasteiger partial charge < -0.3 is 14.6 Å². The van der Waals surface area contributed by atoms with Gasteiger partial charge in [0.2, 0.25) is 0 Å². The van der Waals surface area contributed by atoms with Gasteiger partial charge in [0.05, 0.1) is 7.11 Å². The zero-order valence-electron chi connectivity index (χ0n) is 12.2. The average molecular weight is 291 g/mol. The molecule has 1 aromatic carbocycles. The maximum absolute atomic E-state index is 12.4. The van der Waals surface area contributed by atoms with E-state index in [1.807, 2.05) is 0 Å². The molecule has 1 unspecified atom stereocenters. The number of carbonyl (C=O) groups is 1. The summed E-state index contributed by atoms with van der Waals surface area (Å²) in [6.07, 6.45) is 5.74. The summed E-state index contributed by atoms with van der Waals surface area (Å²) in [5, 5.41) is 13.0. The summed E-state index contributed by atoms with van der Waals surface area (Å²) >= 11 is 0.